The van der Waals surface area contributed by atoms with Crippen molar-refractivity contribution >= 4 is 0 Å². The molecule has 3 heteroatoms. The zero-order chi connectivity index (χ0) is 12.8. The molecule has 0 amide bonds. The van der Waals surface area contributed by atoms with Gasteiger partial charge in [0, 0.05) is 6.61 Å². The van der Waals surface area contributed by atoms with Crippen molar-refractivity contribution in [1.29, 1.82) is 0 Å². The molecular formula is C15H22FNO. The fourth-order valence-corrected chi connectivity index (χ4v) is 2.59. The molecule has 1 aromatic carbocycles. The highest BCUT2D eigenvalue weighted by molar-refractivity contribution is 5.16. The van der Waals surface area contributed by atoms with Crippen LogP contribution in [0.15, 0.2) is 24.3 Å². The highest BCUT2D eigenvalue weighted by Gasteiger charge is 2.17. The fourth-order valence-electron chi connectivity index (χ4n) is 2.59. The lowest BCUT2D eigenvalue weighted by Gasteiger charge is -2.30. The molecular weight excluding hydrogens is 229 g/mol. The molecule has 2 nitrogen and oxygen atoms in total. The van der Waals surface area contributed by atoms with Gasteiger partial charge in [0.05, 0.1) is 0 Å². The summed E-state index contributed by atoms with van der Waals surface area (Å²) in [7, 11) is 0. The average Bonchev–Trinajstić information content (AvgIpc) is 2.40. The molecule has 0 aromatic heterocycles. The molecule has 1 heterocycles. The van der Waals surface area contributed by atoms with Crippen molar-refractivity contribution in [3.8, 4) is 0 Å². The average molecular weight is 251 g/mol. The van der Waals surface area contributed by atoms with E-state index in [1.54, 1.807) is 12.1 Å². The molecule has 1 fully saturated rings. The lowest BCUT2D eigenvalue weighted by molar-refractivity contribution is 0.131. The maximum atomic E-state index is 13.0. The number of rotatable bonds is 5. The van der Waals surface area contributed by atoms with Gasteiger partial charge in [-0.2, -0.15) is 0 Å². The first-order valence-corrected chi connectivity index (χ1v) is 6.85. The van der Waals surface area contributed by atoms with Crippen LogP contribution in [0.25, 0.3) is 0 Å². The van der Waals surface area contributed by atoms with Crippen molar-refractivity contribution in [2.24, 2.45) is 5.92 Å². The smallest absolute Gasteiger partial charge is 0.123 e. The van der Waals surface area contributed by atoms with Crippen LogP contribution in [0.2, 0.25) is 0 Å². The summed E-state index contributed by atoms with van der Waals surface area (Å²) < 4.78 is 13.0. The van der Waals surface area contributed by atoms with Gasteiger partial charge >= 0.3 is 0 Å². The molecule has 0 bridgehead atoms. The van der Waals surface area contributed by atoms with E-state index in [-0.39, 0.29) is 5.82 Å². The van der Waals surface area contributed by atoms with Gasteiger partial charge in [0.2, 0.25) is 0 Å². The van der Waals surface area contributed by atoms with Gasteiger partial charge in [-0.15, -0.1) is 0 Å². The number of piperidine rings is 1. The molecule has 0 saturated carbocycles. The summed E-state index contributed by atoms with van der Waals surface area (Å²) in [5, 5.41) is 9.07. The Bertz CT molecular complexity index is 361. The molecule has 1 saturated heterocycles. The molecule has 1 aromatic rings. The van der Waals surface area contributed by atoms with Crippen LogP contribution in [0.4, 0.5) is 4.39 Å². The van der Waals surface area contributed by atoms with E-state index in [1.807, 2.05) is 6.07 Å². The van der Waals surface area contributed by atoms with Crippen LogP contribution in [0.5, 0.6) is 0 Å². The van der Waals surface area contributed by atoms with Crippen LogP contribution in [0, 0.1) is 11.7 Å². The molecule has 0 unspecified atom stereocenters. The van der Waals surface area contributed by atoms with Crippen LogP contribution >= 0.6 is 0 Å². The summed E-state index contributed by atoms with van der Waals surface area (Å²) in [5.74, 6) is 0.362. The normalized spacial score (nSPS) is 18.1. The number of likely N-dealkylation sites (tertiary alicyclic amines) is 1. The van der Waals surface area contributed by atoms with Crippen molar-refractivity contribution < 1.29 is 9.50 Å². The highest BCUT2D eigenvalue weighted by atomic mass is 19.1. The predicted octanol–water partition coefficient (Wildman–Crippen LogP) is 2.46. The summed E-state index contributed by atoms with van der Waals surface area (Å²) in [6, 6.07) is 6.87. The Morgan fingerprint density at radius 3 is 2.72 bits per heavy atom. The lowest BCUT2D eigenvalue weighted by atomic mass is 9.97. The number of aliphatic hydroxyl groups excluding tert-OH is 1. The van der Waals surface area contributed by atoms with Crippen LogP contribution < -0.4 is 0 Å². The molecule has 0 spiro atoms. The number of hydrogen-bond donors (Lipinski definition) is 1. The maximum Gasteiger partial charge on any atom is 0.123 e. The molecule has 18 heavy (non-hydrogen) atoms. The minimum absolute atomic E-state index is 0.142. The Labute approximate surface area is 108 Å². The molecule has 0 radical (unpaired) electrons. The molecule has 2 rings (SSSR count). The molecule has 0 aliphatic carbocycles. The van der Waals surface area contributed by atoms with E-state index < -0.39 is 0 Å². The molecule has 100 valence electrons. The van der Waals surface area contributed by atoms with Crippen LogP contribution in [0.1, 0.15) is 24.8 Å². The van der Waals surface area contributed by atoms with Crippen LogP contribution in [-0.2, 0) is 6.42 Å². The number of nitrogens with zero attached hydrogens (tertiary/aromatic N) is 1. The summed E-state index contributed by atoms with van der Waals surface area (Å²) in [4.78, 5) is 2.45. The third-order valence-corrected chi connectivity index (χ3v) is 3.79. The predicted molar refractivity (Wildman–Crippen MR) is 71.0 cm³/mol. The van der Waals surface area contributed by atoms with Crippen molar-refractivity contribution in [2.45, 2.75) is 25.7 Å². The summed E-state index contributed by atoms with van der Waals surface area (Å²) in [5.41, 5.74) is 1.08. The van der Waals surface area contributed by atoms with E-state index in [0.29, 0.717) is 12.5 Å². The second kappa shape index (κ2) is 6.86. The largest absolute Gasteiger partial charge is 0.396 e. The van der Waals surface area contributed by atoms with Gasteiger partial charge in [0.1, 0.15) is 5.82 Å². The first-order chi connectivity index (χ1) is 8.78. The molecule has 0 atom stereocenters. The van der Waals surface area contributed by atoms with Crippen molar-refractivity contribution in [2.75, 3.05) is 26.2 Å². The summed E-state index contributed by atoms with van der Waals surface area (Å²) >= 11 is 0. The van der Waals surface area contributed by atoms with Crippen molar-refractivity contribution in [3.63, 3.8) is 0 Å². The van der Waals surface area contributed by atoms with Gasteiger partial charge in [-0.25, -0.2) is 4.39 Å². The van der Waals surface area contributed by atoms with Crippen LogP contribution in [0.3, 0.4) is 0 Å². The number of aliphatic hydroxyl groups is 1. The number of hydrogen-bond acceptors (Lipinski definition) is 2. The minimum atomic E-state index is -0.142. The Morgan fingerprint density at radius 2 is 2.06 bits per heavy atom. The zero-order valence-electron chi connectivity index (χ0n) is 10.8. The molecule has 1 aliphatic rings. The number of benzene rings is 1. The first kappa shape index (κ1) is 13.5. The molecule has 1 aliphatic heterocycles. The number of halogens is 1. The topological polar surface area (TPSA) is 23.5 Å². The second-order valence-corrected chi connectivity index (χ2v) is 5.20. The Kier molecular flexibility index (Phi) is 5.14. The van der Waals surface area contributed by atoms with Gasteiger partial charge in [-0.3, -0.25) is 0 Å². The van der Waals surface area contributed by atoms with E-state index in [9.17, 15) is 4.39 Å². The third-order valence-electron chi connectivity index (χ3n) is 3.79. The standard InChI is InChI=1S/C15H22FNO/c16-15-5-1-3-13(11-15)4-2-8-17-9-6-14(12-18)7-10-17/h1,3,5,11,14,18H,2,4,6-10,12H2. The lowest BCUT2D eigenvalue weighted by Crippen LogP contribution is -2.35. The Morgan fingerprint density at radius 1 is 1.28 bits per heavy atom. The van der Waals surface area contributed by atoms with E-state index >= 15 is 0 Å². The van der Waals surface area contributed by atoms with Gasteiger partial charge in [0.25, 0.3) is 0 Å². The van der Waals surface area contributed by atoms with E-state index in [1.165, 1.54) is 6.07 Å². The first-order valence-electron chi connectivity index (χ1n) is 6.85. The minimum Gasteiger partial charge on any atom is -0.396 e. The highest BCUT2D eigenvalue weighted by Crippen LogP contribution is 2.16. The molecule has 1 N–H and O–H groups in total. The Balaban J connectivity index is 1.67. The monoisotopic (exact) mass is 251 g/mol. The van der Waals surface area contributed by atoms with Crippen LogP contribution in [-0.4, -0.2) is 36.2 Å². The van der Waals surface area contributed by atoms with Gasteiger partial charge < -0.3 is 10.0 Å². The van der Waals surface area contributed by atoms with Gasteiger partial charge in [-0.05, 0) is 68.9 Å². The number of aryl methyl sites for hydroxylation is 1. The summed E-state index contributed by atoms with van der Waals surface area (Å²) in [6.07, 6.45) is 4.23. The van der Waals surface area contributed by atoms with Gasteiger partial charge in [-0.1, -0.05) is 12.1 Å². The van der Waals surface area contributed by atoms with Crippen molar-refractivity contribution in [3.05, 3.63) is 35.6 Å². The van der Waals surface area contributed by atoms with Crippen molar-refractivity contribution in [1.82, 2.24) is 4.90 Å². The summed E-state index contributed by atoms with van der Waals surface area (Å²) in [6.45, 7) is 3.59. The Hall–Kier alpha value is -0.930. The maximum absolute atomic E-state index is 13.0. The SMILES string of the molecule is OCC1CCN(CCCc2cccc(F)c2)CC1. The quantitative estimate of drug-likeness (QED) is 0.869. The van der Waals surface area contributed by atoms with E-state index in [4.69, 9.17) is 5.11 Å². The van der Waals surface area contributed by atoms with E-state index in [0.717, 1.165) is 50.9 Å². The van der Waals surface area contributed by atoms with E-state index in [2.05, 4.69) is 4.90 Å². The fraction of sp³-hybridized carbons (Fsp3) is 0.600. The zero-order valence-corrected chi connectivity index (χ0v) is 10.8. The van der Waals surface area contributed by atoms with Gasteiger partial charge in [0.15, 0.2) is 0 Å². The second-order valence-electron chi connectivity index (χ2n) is 5.20. The third kappa shape index (κ3) is 4.07.